The summed E-state index contributed by atoms with van der Waals surface area (Å²) in [6, 6.07) is 10.2. The Morgan fingerprint density at radius 2 is 1.75 bits per heavy atom. The summed E-state index contributed by atoms with van der Waals surface area (Å²) < 4.78 is 52.1. The van der Waals surface area contributed by atoms with Gasteiger partial charge < -0.3 is 23.5 Å². The number of hydrogen-bond acceptors (Lipinski definition) is 7. The lowest BCUT2D eigenvalue weighted by molar-refractivity contribution is -0.125. The van der Waals surface area contributed by atoms with Crippen LogP contribution in [0, 0.1) is 0 Å². The molecule has 40 heavy (non-hydrogen) atoms. The molecular weight excluding hydrogens is 556 g/mol. The number of fused-ring (bicyclic) bond motifs is 1. The molecule has 0 unspecified atom stereocenters. The molecule has 0 saturated heterocycles. The van der Waals surface area contributed by atoms with E-state index in [9.17, 15) is 13.2 Å². The Bertz CT molecular complexity index is 1450. The Morgan fingerprint density at radius 1 is 1.05 bits per heavy atom. The van der Waals surface area contributed by atoms with Gasteiger partial charge in [-0.3, -0.25) is 4.79 Å². The first-order valence-electron chi connectivity index (χ1n) is 13.1. The van der Waals surface area contributed by atoms with Gasteiger partial charge in [-0.2, -0.15) is 0 Å². The van der Waals surface area contributed by atoms with Crippen LogP contribution in [0.2, 0.25) is 0 Å². The molecule has 0 aliphatic heterocycles. The summed E-state index contributed by atoms with van der Waals surface area (Å²) in [5.74, 6) is 2.23. The zero-order chi connectivity index (χ0) is 29.3. The Kier molecular flexibility index (Phi) is 11.3. The Hall–Kier alpha value is -3.21. The van der Waals surface area contributed by atoms with Gasteiger partial charge in [0.1, 0.15) is 5.76 Å². The maximum Gasteiger partial charge on any atom is 0.246 e. The first kappa shape index (κ1) is 31.3. The van der Waals surface area contributed by atoms with Crippen LogP contribution in [0.4, 0.5) is 0 Å². The lowest BCUT2D eigenvalue weighted by Gasteiger charge is -2.16. The molecular formula is C29H37ClN2O7S. The van der Waals surface area contributed by atoms with Gasteiger partial charge in [-0.05, 0) is 75.1 Å². The zero-order valence-electron chi connectivity index (χ0n) is 23.6. The molecule has 3 rings (SSSR count). The fraction of sp³-hybridized carbons (Fsp3) is 0.414. The summed E-state index contributed by atoms with van der Waals surface area (Å²) in [5.41, 5.74) is 1.75. The van der Waals surface area contributed by atoms with Gasteiger partial charge in [-0.25, -0.2) is 13.1 Å². The summed E-state index contributed by atoms with van der Waals surface area (Å²) >= 11 is 5.79. The molecule has 1 heterocycles. The molecule has 9 nitrogen and oxygen atoms in total. The quantitative estimate of drug-likeness (QED) is 0.146. The third kappa shape index (κ3) is 7.50. The largest absolute Gasteiger partial charge is 0.493 e. The third-order valence-corrected chi connectivity index (χ3v) is 8.18. The van der Waals surface area contributed by atoms with Gasteiger partial charge in [0, 0.05) is 37.0 Å². The average Bonchev–Trinajstić information content (AvgIpc) is 3.39. The van der Waals surface area contributed by atoms with E-state index in [0.29, 0.717) is 72.4 Å². The van der Waals surface area contributed by atoms with Crippen LogP contribution in [0.15, 0.2) is 51.8 Å². The van der Waals surface area contributed by atoms with Crippen LogP contribution in [0.3, 0.4) is 0 Å². The highest BCUT2D eigenvalue weighted by atomic mass is 35.5. The van der Waals surface area contributed by atoms with E-state index in [-0.39, 0.29) is 22.9 Å². The number of likely N-dealkylation sites (N-methyl/N-ethyl adjacent to an activating group) is 1. The second kappa shape index (κ2) is 14.4. The number of benzene rings is 2. The zero-order valence-corrected chi connectivity index (χ0v) is 25.2. The van der Waals surface area contributed by atoms with E-state index >= 15 is 0 Å². The van der Waals surface area contributed by atoms with Crippen LogP contribution in [-0.2, 0) is 21.2 Å². The molecule has 0 radical (unpaired) electrons. The first-order valence-corrected chi connectivity index (χ1v) is 15.1. The van der Waals surface area contributed by atoms with Crippen LogP contribution in [-0.4, -0.2) is 65.6 Å². The highest BCUT2D eigenvalue weighted by Crippen LogP contribution is 2.36. The minimum atomic E-state index is -3.92. The van der Waals surface area contributed by atoms with Crippen molar-refractivity contribution in [3.05, 3.63) is 53.8 Å². The predicted molar refractivity (Wildman–Crippen MR) is 157 cm³/mol. The van der Waals surface area contributed by atoms with Crippen molar-refractivity contribution in [1.82, 2.24) is 9.62 Å². The molecule has 0 saturated carbocycles. The topological polar surface area (TPSA) is 107 Å². The van der Waals surface area contributed by atoms with Crippen molar-refractivity contribution >= 4 is 44.1 Å². The summed E-state index contributed by atoms with van der Waals surface area (Å²) in [4.78, 5) is 14.4. The number of rotatable bonds is 15. The van der Waals surface area contributed by atoms with Crippen LogP contribution in [0.25, 0.3) is 16.5 Å². The smallest absolute Gasteiger partial charge is 0.246 e. The number of amides is 1. The first-order chi connectivity index (χ1) is 19.2. The van der Waals surface area contributed by atoms with Crippen molar-refractivity contribution in [1.29, 1.82) is 0 Å². The molecule has 0 bridgehead atoms. The molecule has 0 fully saturated rings. The maximum atomic E-state index is 13.4. The lowest BCUT2D eigenvalue weighted by atomic mass is 10.1. The van der Waals surface area contributed by atoms with Crippen molar-refractivity contribution in [2.45, 2.75) is 38.5 Å². The molecule has 3 aromatic rings. The van der Waals surface area contributed by atoms with Crippen LogP contribution in [0.1, 0.15) is 38.5 Å². The van der Waals surface area contributed by atoms with Crippen molar-refractivity contribution in [2.24, 2.45) is 0 Å². The number of nitrogens with zero attached hydrogens (tertiary/aromatic N) is 1. The molecule has 1 aromatic heterocycles. The number of sulfonamides is 1. The third-order valence-electron chi connectivity index (χ3n) is 6.39. The summed E-state index contributed by atoms with van der Waals surface area (Å²) in [6.07, 6.45) is 2.55. The highest BCUT2D eigenvalue weighted by molar-refractivity contribution is 7.89. The maximum absolute atomic E-state index is 13.4. The number of hydrogen-bond donors (Lipinski definition) is 1. The average molecular weight is 593 g/mol. The Balaban J connectivity index is 1.92. The fourth-order valence-electron chi connectivity index (χ4n) is 4.18. The second-order valence-electron chi connectivity index (χ2n) is 8.98. The number of furan rings is 1. The van der Waals surface area contributed by atoms with E-state index in [0.717, 1.165) is 5.56 Å². The van der Waals surface area contributed by atoms with Gasteiger partial charge in [0.05, 0.1) is 25.7 Å². The van der Waals surface area contributed by atoms with Crippen LogP contribution >= 0.6 is 11.6 Å². The predicted octanol–water partition coefficient (Wildman–Crippen LogP) is 5.25. The monoisotopic (exact) mass is 592 g/mol. The number of carbonyl (C=O) groups is 1. The number of methoxy groups -OCH3 is 2. The number of alkyl halides is 1. The van der Waals surface area contributed by atoms with Gasteiger partial charge in [-0.1, -0.05) is 6.07 Å². The molecule has 1 amide bonds. The summed E-state index contributed by atoms with van der Waals surface area (Å²) in [5, 5.41) is 0.361. The van der Waals surface area contributed by atoms with Crippen molar-refractivity contribution in [3.8, 4) is 17.2 Å². The molecule has 0 spiro atoms. The summed E-state index contributed by atoms with van der Waals surface area (Å²) in [7, 11) is -0.814. The number of nitrogens with one attached hydrogen (secondary N) is 1. The van der Waals surface area contributed by atoms with Gasteiger partial charge in [0.2, 0.25) is 15.9 Å². The fourth-order valence-corrected chi connectivity index (χ4v) is 5.50. The van der Waals surface area contributed by atoms with Crippen molar-refractivity contribution < 1.29 is 31.8 Å². The van der Waals surface area contributed by atoms with Crippen LogP contribution in [0.5, 0.6) is 17.2 Å². The summed E-state index contributed by atoms with van der Waals surface area (Å²) in [6.45, 7) is 7.24. The van der Waals surface area contributed by atoms with Gasteiger partial charge >= 0.3 is 0 Å². The number of halogens is 1. The Labute approximate surface area is 241 Å². The van der Waals surface area contributed by atoms with E-state index in [1.54, 1.807) is 44.2 Å². The van der Waals surface area contributed by atoms with E-state index in [1.165, 1.54) is 12.1 Å². The van der Waals surface area contributed by atoms with E-state index in [2.05, 4.69) is 4.72 Å². The highest BCUT2D eigenvalue weighted by Gasteiger charge is 2.23. The standard InChI is InChI=1S/C29H37ClN2O7S/c1-6-32(7-2)28(33)17-20(3)25-19-22-27(12-11-24(29(22)39-25)38-16-8-14-30)40(34,35)31-15-13-21-9-10-23(36-4)26(18-21)37-5/h9-12,17-19,31H,6-8,13-16H2,1-5H3. The molecule has 1 N–H and O–H groups in total. The van der Waals surface area contributed by atoms with Crippen molar-refractivity contribution in [3.63, 3.8) is 0 Å². The van der Waals surface area contributed by atoms with E-state index < -0.39 is 10.0 Å². The molecule has 0 aliphatic carbocycles. The van der Waals surface area contributed by atoms with E-state index in [4.69, 9.17) is 30.2 Å². The molecule has 0 aliphatic rings. The van der Waals surface area contributed by atoms with Crippen LogP contribution < -0.4 is 18.9 Å². The van der Waals surface area contributed by atoms with Crippen molar-refractivity contribution in [2.75, 3.05) is 46.3 Å². The SMILES string of the molecule is CCN(CC)C(=O)C=C(C)c1cc2c(S(=O)(=O)NCCc3ccc(OC)c(OC)c3)ccc(OCCCCl)c2o1. The number of carbonyl (C=O) groups excluding carboxylic acids is 1. The molecule has 2 aromatic carbocycles. The van der Waals surface area contributed by atoms with Gasteiger partial charge in [0.25, 0.3) is 0 Å². The van der Waals surface area contributed by atoms with E-state index in [1.807, 2.05) is 26.0 Å². The minimum absolute atomic E-state index is 0.0531. The van der Waals surface area contributed by atoms with Gasteiger partial charge in [-0.15, -0.1) is 11.6 Å². The molecule has 0 atom stereocenters. The lowest BCUT2D eigenvalue weighted by Crippen LogP contribution is -2.28. The normalized spacial score (nSPS) is 12.0. The second-order valence-corrected chi connectivity index (χ2v) is 11.1. The Morgan fingerprint density at radius 3 is 2.40 bits per heavy atom. The molecule has 218 valence electrons. The number of ether oxygens (including phenoxy) is 3. The molecule has 11 heteroatoms. The number of allylic oxidation sites excluding steroid dienone is 1. The van der Waals surface area contributed by atoms with Gasteiger partial charge in [0.15, 0.2) is 22.8 Å². The minimum Gasteiger partial charge on any atom is -0.493 e.